The van der Waals surface area contributed by atoms with E-state index < -0.39 is 11.6 Å². The molecule has 2 aromatic heterocycles. The highest BCUT2D eigenvalue weighted by Gasteiger charge is 2.14. The van der Waals surface area contributed by atoms with E-state index in [1.807, 2.05) is 0 Å². The Kier molecular flexibility index (Phi) is 2.40. The maximum absolute atomic E-state index is 11.4. The van der Waals surface area contributed by atoms with Gasteiger partial charge in [0, 0.05) is 6.20 Å². The molecule has 0 saturated heterocycles. The van der Waals surface area contributed by atoms with Crippen LogP contribution in [-0.4, -0.2) is 23.0 Å². The molecule has 0 unspecified atom stereocenters. The number of fused-ring (bicyclic) bond motifs is 1. The van der Waals surface area contributed by atoms with E-state index in [0.717, 1.165) is 0 Å². The van der Waals surface area contributed by atoms with Gasteiger partial charge >= 0.3 is 11.6 Å². The third-order valence-corrected chi connectivity index (χ3v) is 2.02. The van der Waals surface area contributed by atoms with Gasteiger partial charge in [-0.3, -0.25) is 0 Å². The summed E-state index contributed by atoms with van der Waals surface area (Å²) in [5, 5.41) is 0.477. The molecule has 0 atom stereocenters. The van der Waals surface area contributed by atoms with E-state index in [1.54, 1.807) is 6.92 Å². The van der Waals surface area contributed by atoms with Crippen LogP contribution < -0.4 is 5.63 Å². The molecule has 6 nitrogen and oxygen atoms in total. The van der Waals surface area contributed by atoms with E-state index in [1.165, 1.54) is 19.4 Å². The predicted molar refractivity (Wildman–Crippen MR) is 54.2 cm³/mol. The SMILES string of the molecule is COC(=O)c1cc2cnc(C)nc2oc1=O. The number of hydrogen-bond acceptors (Lipinski definition) is 6. The third kappa shape index (κ3) is 1.65. The molecule has 0 N–H and O–H groups in total. The highest BCUT2D eigenvalue weighted by molar-refractivity contribution is 5.91. The van der Waals surface area contributed by atoms with Crippen molar-refractivity contribution in [1.29, 1.82) is 0 Å². The van der Waals surface area contributed by atoms with Crippen LogP contribution in [0.4, 0.5) is 0 Å². The summed E-state index contributed by atoms with van der Waals surface area (Å²) in [6.45, 7) is 1.67. The van der Waals surface area contributed by atoms with Crippen molar-refractivity contribution in [3.05, 3.63) is 34.1 Å². The fourth-order valence-electron chi connectivity index (χ4n) is 1.25. The van der Waals surface area contributed by atoms with Gasteiger partial charge in [0.05, 0.1) is 12.5 Å². The van der Waals surface area contributed by atoms with Crippen LogP contribution in [-0.2, 0) is 4.74 Å². The maximum atomic E-state index is 11.4. The van der Waals surface area contributed by atoms with Crippen molar-refractivity contribution in [2.75, 3.05) is 7.11 Å². The first-order valence-electron chi connectivity index (χ1n) is 4.47. The van der Waals surface area contributed by atoms with Gasteiger partial charge in [0.2, 0.25) is 5.71 Å². The van der Waals surface area contributed by atoms with Crippen molar-refractivity contribution in [3.8, 4) is 0 Å². The van der Waals surface area contributed by atoms with Crippen molar-refractivity contribution < 1.29 is 13.9 Å². The second-order valence-electron chi connectivity index (χ2n) is 3.12. The van der Waals surface area contributed by atoms with Gasteiger partial charge in [0.25, 0.3) is 0 Å². The zero-order valence-electron chi connectivity index (χ0n) is 8.68. The van der Waals surface area contributed by atoms with E-state index in [-0.39, 0.29) is 11.3 Å². The Bertz CT molecular complexity index is 618. The first-order chi connectivity index (χ1) is 7.61. The standard InChI is InChI=1S/C10H8N2O4/c1-5-11-4-6-3-7(9(13)15-2)10(14)16-8(6)12-5/h3-4H,1-2H3. The molecule has 6 heteroatoms. The smallest absolute Gasteiger partial charge is 0.352 e. The van der Waals surface area contributed by atoms with Gasteiger partial charge in [-0.2, -0.15) is 4.98 Å². The van der Waals surface area contributed by atoms with Gasteiger partial charge in [-0.05, 0) is 13.0 Å². The lowest BCUT2D eigenvalue weighted by Gasteiger charge is -1.99. The molecule has 82 valence electrons. The van der Waals surface area contributed by atoms with Crippen LogP contribution >= 0.6 is 0 Å². The van der Waals surface area contributed by atoms with Gasteiger partial charge in [0.15, 0.2) is 0 Å². The summed E-state index contributed by atoms with van der Waals surface area (Å²) >= 11 is 0. The van der Waals surface area contributed by atoms with Crippen LogP contribution in [0.1, 0.15) is 16.2 Å². The number of carbonyl (C=O) groups excluding carboxylic acids is 1. The van der Waals surface area contributed by atoms with Gasteiger partial charge in [-0.1, -0.05) is 0 Å². The van der Waals surface area contributed by atoms with E-state index in [4.69, 9.17) is 4.42 Å². The molecule has 0 fully saturated rings. The van der Waals surface area contributed by atoms with Gasteiger partial charge in [0.1, 0.15) is 11.4 Å². The molecule has 0 bridgehead atoms. The third-order valence-electron chi connectivity index (χ3n) is 2.02. The fraction of sp³-hybridized carbons (Fsp3) is 0.200. The molecule has 0 spiro atoms. The number of rotatable bonds is 1. The Labute approximate surface area is 89.9 Å². The summed E-state index contributed by atoms with van der Waals surface area (Å²) in [4.78, 5) is 30.5. The average molecular weight is 220 g/mol. The normalized spacial score (nSPS) is 10.4. The molecule has 0 radical (unpaired) electrons. The Balaban J connectivity index is 2.72. The minimum absolute atomic E-state index is 0.158. The molecular formula is C10H8N2O4. The molecule has 0 aliphatic carbocycles. The second kappa shape index (κ2) is 3.73. The summed E-state index contributed by atoms with van der Waals surface area (Å²) in [6.07, 6.45) is 1.48. The average Bonchev–Trinajstić information content (AvgIpc) is 2.27. The minimum Gasteiger partial charge on any atom is -0.465 e. The Hall–Kier alpha value is -2.24. The largest absolute Gasteiger partial charge is 0.465 e. The molecule has 0 amide bonds. The molecule has 16 heavy (non-hydrogen) atoms. The van der Waals surface area contributed by atoms with Crippen molar-refractivity contribution in [2.45, 2.75) is 6.92 Å². The number of ether oxygens (including phenoxy) is 1. The first kappa shape index (κ1) is 10.3. The number of methoxy groups -OCH3 is 1. The van der Waals surface area contributed by atoms with Gasteiger partial charge in [-0.25, -0.2) is 14.6 Å². The number of aryl methyl sites for hydroxylation is 1. The molecule has 0 aromatic carbocycles. The van der Waals surface area contributed by atoms with Crippen LogP contribution in [0.5, 0.6) is 0 Å². The summed E-state index contributed by atoms with van der Waals surface area (Å²) in [6, 6.07) is 1.35. The molecule has 0 aliphatic rings. The maximum Gasteiger partial charge on any atom is 0.352 e. The Morgan fingerprint density at radius 1 is 1.50 bits per heavy atom. The summed E-state index contributed by atoms with van der Waals surface area (Å²) < 4.78 is 9.34. The van der Waals surface area contributed by atoms with Crippen molar-refractivity contribution >= 4 is 17.1 Å². The van der Waals surface area contributed by atoms with Crippen LogP contribution in [0.3, 0.4) is 0 Å². The highest BCUT2D eigenvalue weighted by Crippen LogP contribution is 2.10. The molecule has 0 aliphatic heterocycles. The van der Waals surface area contributed by atoms with Gasteiger partial charge < -0.3 is 9.15 Å². The minimum atomic E-state index is -0.766. The number of aromatic nitrogens is 2. The van der Waals surface area contributed by atoms with Crippen LogP contribution in [0.2, 0.25) is 0 Å². The van der Waals surface area contributed by atoms with E-state index in [0.29, 0.717) is 11.2 Å². The lowest BCUT2D eigenvalue weighted by molar-refractivity contribution is 0.0596. The zero-order valence-corrected chi connectivity index (χ0v) is 8.68. The lowest BCUT2D eigenvalue weighted by Crippen LogP contribution is -2.15. The van der Waals surface area contributed by atoms with Crippen LogP contribution in [0, 0.1) is 6.92 Å². The summed E-state index contributed by atoms with van der Waals surface area (Å²) in [5.74, 6) is -0.252. The molecular weight excluding hydrogens is 212 g/mol. The van der Waals surface area contributed by atoms with Crippen molar-refractivity contribution in [3.63, 3.8) is 0 Å². The summed E-state index contributed by atoms with van der Waals surface area (Å²) in [5.41, 5.74) is -0.773. The Morgan fingerprint density at radius 2 is 2.25 bits per heavy atom. The molecule has 2 rings (SSSR count). The quantitative estimate of drug-likeness (QED) is 0.657. The number of hydrogen-bond donors (Lipinski definition) is 0. The number of carbonyl (C=O) groups is 1. The van der Waals surface area contributed by atoms with E-state index in [9.17, 15) is 9.59 Å². The fourth-order valence-corrected chi connectivity index (χ4v) is 1.25. The number of nitrogens with zero attached hydrogens (tertiary/aromatic N) is 2. The van der Waals surface area contributed by atoms with Crippen LogP contribution in [0.15, 0.2) is 21.5 Å². The van der Waals surface area contributed by atoms with Crippen molar-refractivity contribution in [1.82, 2.24) is 9.97 Å². The second-order valence-corrected chi connectivity index (χ2v) is 3.12. The summed E-state index contributed by atoms with van der Waals surface area (Å²) in [7, 11) is 1.19. The predicted octanol–water partition coefficient (Wildman–Crippen LogP) is 0.678. The topological polar surface area (TPSA) is 82.3 Å². The lowest BCUT2D eigenvalue weighted by atomic mass is 10.2. The van der Waals surface area contributed by atoms with Crippen LogP contribution in [0.25, 0.3) is 11.1 Å². The van der Waals surface area contributed by atoms with E-state index >= 15 is 0 Å². The Morgan fingerprint density at radius 3 is 2.94 bits per heavy atom. The zero-order chi connectivity index (χ0) is 11.7. The molecule has 2 aromatic rings. The first-order valence-corrected chi connectivity index (χ1v) is 4.47. The van der Waals surface area contributed by atoms with Gasteiger partial charge in [-0.15, -0.1) is 0 Å². The van der Waals surface area contributed by atoms with E-state index in [2.05, 4.69) is 14.7 Å². The number of esters is 1. The molecule has 2 heterocycles. The monoisotopic (exact) mass is 220 g/mol. The molecule has 0 saturated carbocycles. The van der Waals surface area contributed by atoms with Crippen molar-refractivity contribution in [2.24, 2.45) is 0 Å². The highest BCUT2D eigenvalue weighted by atomic mass is 16.5.